The molecule has 1 aliphatic heterocycles. The molecule has 7 heteroatoms. The second kappa shape index (κ2) is 12.6. The lowest BCUT2D eigenvalue weighted by Crippen LogP contribution is -2.37. The first-order valence-electron chi connectivity index (χ1n) is 13.0. The van der Waals surface area contributed by atoms with E-state index in [0.29, 0.717) is 30.2 Å². The summed E-state index contributed by atoms with van der Waals surface area (Å²) in [5.74, 6) is 2.66. The Kier molecular flexibility index (Phi) is 9.30. The van der Waals surface area contributed by atoms with Gasteiger partial charge in [0.15, 0.2) is 0 Å². The molecule has 1 aliphatic rings. The van der Waals surface area contributed by atoms with Crippen molar-refractivity contribution < 1.29 is 14.6 Å². The third-order valence-electron chi connectivity index (χ3n) is 6.83. The molecule has 0 amide bonds. The van der Waals surface area contributed by atoms with Gasteiger partial charge in [0.25, 0.3) is 0 Å². The fourth-order valence-electron chi connectivity index (χ4n) is 4.75. The van der Waals surface area contributed by atoms with Crippen LogP contribution in [-0.4, -0.2) is 51.5 Å². The van der Waals surface area contributed by atoms with Gasteiger partial charge in [-0.05, 0) is 74.5 Å². The molecule has 0 bridgehead atoms. The maximum atomic E-state index is 11.2. The van der Waals surface area contributed by atoms with E-state index in [1.165, 1.54) is 5.56 Å². The van der Waals surface area contributed by atoms with E-state index in [1.807, 2.05) is 43.6 Å². The molecule has 6 nitrogen and oxygen atoms in total. The van der Waals surface area contributed by atoms with E-state index in [0.717, 1.165) is 62.6 Å². The predicted octanol–water partition coefficient (Wildman–Crippen LogP) is 5.67. The van der Waals surface area contributed by atoms with Gasteiger partial charge >= 0.3 is 0 Å². The fraction of sp³-hybridized carbons (Fsp3) is 0.483. The Morgan fingerprint density at radius 1 is 1.11 bits per heavy atom. The lowest BCUT2D eigenvalue weighted by atomic mass is 9.96. The molecule has 2 heterocycles. The summed E-state index contributed by atoms with van der Waals surface area (Å²) in [6, 6.07) is 14.1. The minimum absolute atomic E-state index is 0.256. The molecule has 1 fully saturated rings. The number of rotatable bonds is 11. The quantitative estimate of drug-likeness (QED) is 0.336. The molecule has 1 N–H and O–H groups in total. The van der Waals surface area contributed by atoms with E-state index < -0.39 is 5.60 Å². The van der Waals surface area contributed by atoms with E-state index in [9.17, 15) is 5.11 Å². The second-order valence-corrected chi connectivity index (χ2v) is 10.2. The Balaban J connectivity index is 1.24. The summed E-state index contributed by atoms with van der Waals surface area (Å²) in [7, 11) is 0. The van der Waals surface area contributed by atoms with Crippen LogP contribution in [0.4, 0.5) is 0 Å². The number of ether oxygens (including phenoxy) is 2. The van der Waals surface area contributed by atoms with Gasteiger partial charge in [-0.2, -0.15) is 0 Å². The molecule has 1 aromatic heterocycles. The Bertz CT molecular complexity index is 1120. The zero-order valence-corrected chi connectivity index (χ0v) is 22.2. The van der Waals surface area contributed by atoms with Crippen LogP contribution in [0.25, 0.3) is 0 Å². The molecule has 194 valence electrons. The van der Waals surface area contributed by atoms with Gasteiger partial charge in [0.1, 0.15) is 23.9 Å². The van der Waals surface area contributed by atoms with Crippen molar-refractivity contribution >= 4 is 11.6 Å². The first-order valence-corrected chi connectivity index (χ1v) is 13.4. The Hall–Kier alpha value is -2.54. The highest BCUT2D eigenvalue weighted by molar-refractivity contribution is 6.32. The number of hydrogen-bond donors (Lipinski definition) is 1. The van der Waals surface area contributed by atoms with E-state index in [1.54, 1.807) is 0 Å². The van der Waals surface area contributed by atoms with Gasteiger partial charge in [-0.25, -0.2) is 4.98 Å². The van der Waals surface area contributed by atoms with Crippen molar-refractivity contribution in [1.82, 2.24) is 14.5 Å². The number of likely N-dealkylation sites (tertiary alicyclic amines) is 1. The van der Waals surface area contributed by atoms with Crippen molar-refractivity contribution in [2.75, 3.05) is 26.3 Å². The molecule has 0 saturated carbocycles. The number of aromatic nitrogens is 2. The monoisotopic (exact) mass is 511 g/mol. The zero-order valence-electron chi connectivity index (χ0n) is 21.5. The van der Waals surface area contributed by atoms with Gasteiger partial charge in [0.2, 0.25) is 0 Å². The molecule has 4 rings (SSSR count). The average Bonchev–Trinajstić information content (AvgIpc) is 3.25. The van der Waals surface area contributed by atoms with Crippen molar-refractivity contribution in [3.63, 3.8) is 0 Å². The molecular weight excluding hydrogens is 474 g/mol. The number of imidazole rings is 1. The normalized spacial score (nSPS) is 18.7. The predicted molar refractivity (Wildman–Crippen MR) is 144 cm³/mol. The molecule has 0 aliphatic carbocycles. The van der Waals surface area contributed by atoms with Gasteiger partial charge in [-0.1, -0.05) is 36.7 Å². The molecule has 2 aromatic carbocycles. The van der Waals surface area contributed by atoms with Crippen LogP contribution in [0.5, 0.6) is 11.5 Å². The molecule has 0 radical (unpaired) electrons. The Labute approximate surface area is 219 Å². The number of halogens is 1. The van der Waals surface area contributed by atoms with Crippen LogP contribution in [0.15, 0.2) is 54.9 Å². The number of benzene rings is 2. The summed E-state index contributed by atoms with van der Waals surface area (Å²) >= 11 is 6.26. The van der Waals surface area contributed by atoms with Gasteiger partial charge in [0, 0.05) is 38.4 Å². The zero-order chi connectivity index (χ0) is 25.4. The van der Waals surface area contributed by atoms with E-state index in [4.69, 9.17) is 21.1 Å². The highest BCUT2D eigenvalue weighted by atomic mass is 35.5. The SMILES string of the molecule is CCc1nccn1CCCOc1cccc(CN2CCC[C@@](O)(COc3cc(C)ccc3Cl)CC2)c1. The standard InChI is InChI=1S/C29H38ClN3O3/c1-3-28-31-13-17-33(28)15-6-18-35-25-8-4-7-24(20-25)21-32-14-5-11-29(34,12-16-32)22-36-27-19-23(2)9-10-26(27)30/h4,7-10,13,17,19-20,34H,3,5-6,11-12,14-16,18,21-22H2,1-2H3/t29-/m0/s1. The van der Waals surface area contributed by atoms with Gasteiger partial charge in [0.05, 0.1) is 17.2 Å². The van der Waals surface area contributed by atoms with Crippen LogP contribution in [0.3, 0.4) is 0 Å². The van der Waals surface area contributed by atoms with Crippen LogP contribution in [0.2, 0.25) is 5.02 Å². The Morgan fingerprint density at radius 3 is 2.86 bits per heavy atom. The maximum absolute atomic E-state index is 11.2. The second-order valence-electron chi connectivity index (χ2n) is 9.82. The smallest absolute Gasteiger partial charge is 0.138 e. The lowest BCUT2D eigenvalue weighted by Gasteiger charge is -2.27. The maximum Gasteiger partial charge on any atom is 0.138 e. The molecule has 0 spiro atoms. The lowest BCUT2D eigenvalue weighted by molar-refractivity contribution is -0.0168. The van der Waals surface area contributed by atoms with Crippen molar-refractivity contribution in [2.24, 2.45) is 0 Å². The summed E-state index contributed by atoms with van der Waals surface area (Å²) in [5.41, 5.74) is 1.46. The van der Waals surface area contributed by atoms with Gasteiger partial charge < -0.3 is 19.1 Å². The summed E-state index contributed by atoms with van der Waals surface area (Å²) in [6.45, 7) is 8.58. The van der Waals surface area contributed by atoms with Crippen molar-refractivity contribution in [3.8, 4) is 11.5 Å². The number of hydrogen-bond acceptors (Lipinski definition) is 5. The molecular formula is C29H38ClN3O3. The van der Waals surface area contributed by atoms with Gasteiger partial charge in [-0.3, -0.25) is 4.90 Å². The van der Waals surface area contributed by atoms with E-state index >= 15 is 0 Å². The summed E-state index contributed by atoms with van der Waals surface area (Å²) in [4.78, 5) is 6.78. The summed E-state index contributed by atoms with van der Waals surface area (Å²) in [6.07, 6.45) is 8.08. The minimum Gasteiger partial charge on any atom is -0.494 e. The topological polar surface area (TPSA) is 59.8 Å². The molecule has 1 saturated heterocycles. The number of aliphatic hydroxyl groups is 1. The average molecular weight is 512 g/mol. The van der Waals surface area contributed by atoms with Crippen LogP contribution in [0.1, 0.15) is 49.6 Å². The fourth-order valence-corrected chi connectivity index (χ4v) is 4.92. The van der Waals surface area contributed by atoms with Crippen molar-refractivity contribution in [3.05, 3.63) is 76.8 Å². The molecule has 1 atom stereocenters. The van der Waals surface area contributed by atoms with E-state index in [-0.39, 0.29) is 6.61 Å². The number of aryl methyl sites for hydroxylation is 3. The third kappa shape index (κ3) is 7.48. The Morgan fingerprint density at radius 2 is 2.00 bits per heavy atom. The van der Waals surface area contributed by atoms with Gasteiger partial charge in [-0.15, -0.1) is 0 Å². The largest absolute Gasteiger partial charge is 0.494 e. The van der Waals surface area contributed by atoms with E-state index in [2.05, 4.69) is 39.6 Å². The van der Waals surface area contributed by atoms with Crippen LogP contribution < -0.4 is 9.47 Å². The van der Waals surface area contributed by atoms with Crippen molar-refractivity contribution in [1.29, 1.82) is 0 Å². The summed E-state index contributed by atoms with van der Waals surface area (Å²) < 4.78 is 14.2. The van der Waals surface area contributed by atoms with Crippen LogP contribution in [0, 0.1) is 6.92 Å². The molecule has 3 aromatic rings. The van der Waals surface area contributed by atoms with Crippen LogP contribution >= 0.6 is 11.6 Å². The first kappa shape index (κ1) is 26.5. The van der Waals surface area contributed by atoms with Crippen LogP contribution in [-0.2, 0) is 19.5 Å². The van der Waals surface area contributed by atoms with Crippen molar-refractivity contribution in [2.45, 2.75) is 64.6 Å². The highest BCUT2D eigenvalue weighted by Gasteiger charge is 2.31. The molecule has 0 unspecified atom stereocenters. The molecule has 36 heavy (non-hydrogen) atoms. The first-order chi connectivity index (χ1) is 17.4. The highest BCUT2D eigenvalue weighted by Crippen LogP contribution is 2.29. The minimum atomic E-state index is -0.848. The number of nitrogens with zero attached hydrogens (tertiary/aromatic N) is 3. The summed E-state index contributed by atoms with van der Waals surface area (Å²) in [5, 5.41) is 11.8. The third-order valence-corrected chi connectivity index (χ3v) is 7.14.